The Kier molecular flexibility index (Phi) is 1.86. The van der Waals surface area contributed by atoms with E-state index in [1.54, 1.807) is 6.20 Å². The summed E-state index contributed by atoms with van der Waals surface area (Å²) in [5.41, 5.74) is 1.77. The fraction of sp³-hybridized carbons (Fsp3) is 0. The fourth-order valence-electron chi connectivity index (χ4n) is 1.69. The number of pyridine rings is 1. The van der Waals surface area contributed by atoms with E-state index in [1.807, 2.05) is 30.3 Å². The Labute approximate surface area is 90.5 Å². The van der Waals surface area contributed by atoms with E-state index in [4.69, 9.17) is 4.52 Å². The van der Waals surface area contributed by atoms with Crippen LogP contribution in [0.5, 0.6) is 0 Å². The average Bonchev–Trinajstić information content (AvgIpc) is 2.75. The van der Waals surface area contributed by atoms with E-state index < -0.39 is 0 Å². The largest absolute Gasteiger partial charge is 0.337 e. The van der Waals surface area contributed by atoms with Crippen LogP contribution in [0.15, 0.2) is 51.9 Å². The second-order valence-corrected chi connectivity index (χ2v) is 3.44. The van der Waals surface area contributed by atoms with Crippen LogP contribution in [0.2, 0.25) is 0 Å². The molecule has 2 aromatic heterocycles. The number of hydrogen-bond donors (Lipinski definition) is 1. The zero-order chi connectivity index (χ0) is 11.0. The first-order valence-electron chi connectivity index (χ1n) is 4.89. The molecule has 0 saturated heterocycles. The molecule has 0 bridgehead atoms. The Bertz CT molecular complexity index is 683. The number of rotatable bonds is 1. The predicted octanol–water partition coefficient (Wildman–Crippen LogP) is 2.18. The van der Waals surface area contributed by atoms with E-state index in [9.17, 15) is 4.79 Å². The lowest BCUT2D eigenvalue weighted by Crippen LogP contribution is -1.99. The van der Waals surface area contributed by atoms with Crippen molar-refractivity contribution < 1.29 is 4.52 Å². The smallest absolute Gasteiger partial charge is 0.240 e. The lowest BCUT2D eigenvalue weighted by atomic mass is 10.1. The first kappa shape index (κ1) is 8.91. The van der Waals surface area contributed by atoms with Gasteiger partial charge in [-0.25, -0.2) is 0 Å². The first-order chi connectivity index (χ1) is 7.86. The van der Waals surface area contributed by atoms with Crippen molar-refractivity contribution in [2.75, 3.05) is 0 Å². The van der Waals surface area contributed by atoms with Crippen LogP contribution >= 0.6 is 0 Å². The number of aromatic amines is 1. The summed E-state index contributed by atoms with van der Waals surface area (Å²) < 4.78 is 5.08. The standard InChI is InChI=1S/C12H8N2O2/c15-9-6-7-13-12-10(9)11(14-16-12)8-4-2-1-3-5-8/h1-7H,(H,13,15). The molecule has 0 spiro atoms. The number of H-pyrrole nitrogens is 1. The zero-order valence-corrected chi connectivity index (χ0v) is 8.31. The summed E-state index contributed by atoms with van der Waals surface area (Å²) >= 11 is 0. The van der Waals surface area contributed by atoms with Crippen molar-refractivity contribution >= 4 is 11.1 Å². The normalized spacial score (nSPS) is 10.8. The van der Waals surface area contributed by atoms with Gasteiger partial charge in [0.15, 0.2) is 5.43 Å². The van der Waals surface area contributed by atoms with Crippen LogP contribution in [0, 0.1) is 0 Å². The molecule has 0 aliphatic heterocycles. The van der Waals surface area contributed by atoms with Gasteiger partial charge in [0.25, 0.3) is 0 Å². The molecule has 4 nitrogen and oxygen atoms in total. The highest BCUT2D eigenvalue weighted by atomic mass is 16.5. The van der Waals surface area contributed by atoms with E-state index in [0.29, 0.717) is 16.8 Å². The summed E-state index contributed by atoms with van der Waals surface area (Å²) in [6, 6.07) is 11.0. The van der Waals surface area contributed by atoms with E-state index in [0.717, 1.165) is 5.56 Å². The molecule has 16 heavy (non-hydrogen) atoms. The number of aromatic nitrogens is 2. The highest BCUT2D eigenvalue weighted by molar-refractivity contribution is 5.88. The minimum atomic E-state index is -0.0890. The van der Waals surface area contributed by atoms with Crippen molar-refractivity contribution in [3.8, 4) is 11.3 Å². The van der Waals surface area contributed by atoms with E-state index >= 15 is 0 Å². The van der Waals surface area contributed by atoms with Crippen LogP contribution in [0.4, 0.5) is 0 Å². The van der Waals surface area contributed by atoms with Gasteiger partial charge in [0.2, 0.25) is 5.71 Å². The van der Waals surface area contributed by atoms with Crippen LogP contribution in [0.1, 0.15) is 0 Å². The Morgan fingerprint density at radius 3 is 2.75 bits per heavy atom. The molecule has 0 unspecified atom stereocenters. The van der Waals surface area contributed by atoms with Crippen LogP contribution in [-0.4, -0.2) is 10.1 Å². The van der Waals surface area contributed by atoms with Crippen molar-refractivity contribution in [1.82, 2.24) is 10.1 Å². The molecule has 0 radical (unpaired) electrons. The van der Waals surface area contributed by atoms with Crippen molar-refractivity contribution in [2.45, 2.75) is 0 Å². The average molecular weight is 212 g/mol. The van der Waals surface area contributed by atoms with Crippen molar-refractivity contribution in [3.63, 3.8) is 0 Å². The molecular weight excluding hydrogens is 204 g/mol. The molecular formula is C12H8N2O2. The second-order valence-electron chi connectivity index (χ2n) is 3.44. The van der Waals surface area contributed by atoms with Gasteiger partial charge in [0.1, 0.15) is 11.1 Å². The topological polar surface area (TPSA) is 58.9 Å². The molecule has 0 aliphatic rings. The molecule has 2 heterocycles. The molecule has 1 N–H and O–H groups in total. The zero-order valence-electron chi connectivity index (χ0n) is 8.31. The van der Waals surface area contributed by atoms with Crippen LogP contribution in [0.25, 0.3) is 22.4 Å². The SMILES string of the molecule is O=c1cc[nH]c2onc(-c3ccccc3)c12. The highest BCUT2D eigenvalue weighted by Crippen LogP contribution is 2.23. The molecule has 4 heteroatoms. The number of nitrogens with zero attached hydrogens (tertiary/aromatic N) is 1. The fourth-order valence-corrected chi connectivity index (χ4v) is 1.69. The van der Waals surface area contributed by atoms with Crippen LogP contribution in [-0.2, 0) is 0 Å². The van der Waals surface area contributed by atoms with Gasteiger partial charge in [-0.2, -0.15) is 0 Å². The predicted molar refractivity (Wildman–Crippen MR) is 60.1 cm³/mol. The number of benzene rings is 1. The minimum absolute atomic E-state index is 0.0890. The van der Waals surface area contributed by atoms with Gasteiger partial charge < -0.3 is 9.51 Å². The summed E-state index contributed by atoms with van der Waals surface area (Å²) in [7, 11) is 0. The molecule has 3 aromatic rings. The number of fused-ring (bicyclic) bond motifs is 1. The summed E-state index contributed by atoms with van der Waals surface area (Å²) in [5, 5.41) is 4.41. The number of nitrogens with one attached hydrogen (secondary N) is 1. The molecule has 1 aromatic carbocycles. The Hall–Kier alpha value is -2.36. The quantitative estimate of drug-likeness (QED) is 0.672. The molecule has 0 fully saturated rings. The van der Waals surface area contributed by atoms with Crippen molar-refractivity contribution in [2.24, 2.45) is 0 Å². The monoisotopic (exact) mass is 212 g/mol. The van der Waals surface area contributed by atoms with Gasteiger partial charge in [-0.3, -0.25) is 4.79 Å². The number of hydrogen-bond acceptors (Lipinski definition) is 3. The summed E-state index contributed by atoms with van der Waals surface area (Å²) in [6.07, 6.45) is 1.55. The van der Waals surface area contributed by atoms with Gasteiger partial charge in [-0.05, 0) is 0 Å². The summed E-state index contributed by atoms with van der Waals surface area (Å²) in [5.74, 6) is 0. The van der Waals surface area contributed by atoms with Crippen LogP contribution in [0.3, 0.4) is 0 Å². The second kappa shape index (κ2) is 3.34. The lowest BCUT2D eigenvalue weighted by molar-refractivity contribution is 0.451. The van der Waals surface area contributed by atoms with Gasteiger partial charge in [0, 0.05) is 17.8 Å². The van der Waals surface area contributed by atoms with E-state index in [-0.39, 0.29) is 5.43 Å². The van der Waals surface area contributed by atoms with Crippen molar-refractivity contribution in [1.29, 1.82) is 0 Å². The Morgan fingerprint density at radius 2 is 1.94 bits per heavy atom. The molecule has 0 aliphatic carbocycles. The summed E-state index contributed by atoms with van der Waals surface area (Å²) in [6.45, 7) is 0. The van der Waals surface area contributed by atoms with Gasteiger partial charge in [0.05, 0.1) is 0 Å². The third kappa shape index (κ3) is 1.24. The van der Waals surface area contributed by atoms with E-state index in [2.05, 4.69) is 10.1 Å². The van der Waals surface area contributed by atoms with Crippen molar-refractivity contribution in [3.05, 3.63) is 52.8 Å². The first-order valence-corrected chi connectivity index (χ1v) is 4.89. The van der Waals surface area contributed by atoms with Gasteiger partial charge in [-0.1, -0.05) is 35.5 Å². The highest BCUT2D eigenvalue weighted by Gasteiger charge is 2.12. The lowest BCUT2D eigenvalue weighted by Gasteiger charge is -1.93. The van der Waals surface area contributed by atoms with Gasteiger partial charge in [-0.15, -0.1) is 0 Å². The maximum Gasteiger partial charge on any atom is 0.240 e. The minimum Gasteiger partial charge on any atom is -0.337 e. The maximum absolute atomic E-state index is 11.7. The molecule has 78 valence electrons. The molecule has 0 amide bonds. The maximum atomic E-state index is 11.7. The van der Waals surface area contributed by atoms with E-state index in [1.165, 1.54) is 6.07 Å². The molecule has 0 atom stereocenters. The van der Waals surface area contributed by atoms with Crippen LogP contribution < -0.4 is 5.43 Å². The third-order valence-electron chi connectivity index (χ3n) is 2.43. The molecule has 3 rings (SSSR count). The summed E-state index contributed by atoms with van der Waals surface area (Å²) in [4.78, 5) is 14.6. The molecule has 0 saturated carbocycles. The van der Waals surface area contributed by atoms with Gasteiger partial charge >= 0.3 is 0 Å². The Morgan fingerprint density at radius 1 is 1.12 bits per heavy atom. The third-order valence-corrected chi connectivity index (χ3v) is 2.43. The Balaban J connectivity index is 2.38.